The van der Waals surface area contributed by atoms with Gasteiger partial charge in [-0.05, 0) is 46.5 Å². The lowest BCUT2D eigenvalue weighted by Crippen LogP contribution is -2.35. The Morgan fingerprint density at radius 2 is 1.46 bits per heavy atom. The molecule has 1 N–H and O–H groups in total. The summed E-state index contributed by atoms with van der Waals surface area (Å²) in [6.45, 7) is 11.3. The van der Waals surface area contributed by atoms with Gasteiger partial charge in [-0.3, -0.25) is 14.4 Å². The fourth-order valence-corrected chi connectivity index (χ4v) is 2.73. The summed E-state index contributed by atoms with van der Waals surface area (Å²) >= 11 is 0. The zero-order chi connectivity index (χ0) is 18.7. The van der Waals surface area contributed by atoms with Crippen molar-refractivity contribution in [3.8, 4) is 0 Å². The van der Waals surface area contributed by atoms with Crippen molar-refractivity contribution in [2.75, 3.05) is 0 Å². The average Bonchev–Trinajstić information content (AvgIpc) is 2.63. The number of hydrogen-bond donors (Lipinski definition) is 1. The van der Waals surface area contributed by atoms with Crippen LogP contribution < -0.4 is 0 Å². The molecule has 0 aromatic rings. The quantitative estimate of drug-likeness (QED) is 0.429. The Hall–Kier alpha value is -1.97. The van der Waals surface area contributed by atoms with E-state index in [1.165, 1.54) is 0 Å². The van der Waals surface area contributed by atoms with Crippen LogP contribution in [0.25, 0.3) is 0 Å². The molecule has 1 aliphatic rings. The molecule has 4 nitrogen and oxygen atoms in total. The highest BCUT2D eigenvalue weighted by atomic mass is 16.3. The first-order valence-electron chi connectivity index (χ1n) is 8.35. The summed E-state index contributed by atoms with van der Waals surface area (Å²) in [4.78, 5) is 38.1. The van der Waals surface area contributed by atoms with E-state index >= 15 is 0 Å². The van der Waals surface area contributed by atoms with Gasteiger partial charge < -0.3 is 5.11 Å². The third kappa shape index (κ3) is 4.11. The van der Waals surface area contributed by atoms with Crippen molar-refractivity contribution in [1.29, 1.82) is 0 Å². The standard InChI is InChI=1S/C20H28O4/c1-12(2)7-9-20(10-8-13(3)4)18(23)16(17(22)19(20)24)15(21)11-14(5)6/h7-8,14,22H,9-11H2,1-6H3. The van der Waals surface area contributed by atoms with Crippen molar-refractivity contribution in [3.63, 3.8) is 0 Å². The van der Waals surface area contributed by atoms with Crippen LogP contribution in [0.5, 0.6) is 0 Å². The van der Waals surface area contributed by atoms with Gasteiger partial charge >= 0.3 is 0 Å². The Bertz CT molecular complexity index is 617. The first-order chi connectivity index (χ1) is 11.0. The zero-order valence-electron chi connectivity index (χ0n) is 15.5. The van der Waals surface area contributed by atoms with Crippen molar-refractivity contribution in [1.82, 2.24) is 0 Å². The predicted molar refractivity (Wildman–Crippen MR) is 94.7 cm³/mol. The second-order valence-corrected chi connectivity index (χ2v) is 7.46. The van der Waals surface area contributed by atoms with E-state index in [-0.39, 0.29) is 30.8 Å². The van der Waals surface area contributed by atoms with Crippen molar-refractivity contribution < 1.29 is 19.5 Å². The summed E-state index contributed by atoms with van der Waals surface area (Å²) < 4.78 is 0. The summed E-state index contributed by atoms with van der Waals surface area (Å²) in [5.74, 6) is -2.22. The third-order valence-corrected chi connectivity index (χ3v) is 4.14. The Morgan fingerprint density at radius 1 is 1.00 bits per heavy atom. The molecule has 0 heterocycles. The topological polar surface area (TPSA) is 71.4 Å². The molecule has 24 heavy (non-hydrogen) atoms. The molecule has 1 rings (SSSR count). The molecule has 0 atom stereocenters. The number of Topliss-reactive ketones (excluding diaryl/α,β-unsaturated/α-hetero) is 3. The van der Waals surface area contributed by atoms with Crippen molar-refractivity contribution in [3.05, 3.63) is 34.6 Å². The zero-order valence-corrected chi connectivity index (χ0v) is 15.5. The molecule has 0 unspecified atom stereocenters. The number of allylic oxidation sites excluding steroid dienone is 6. The molecule has 0 radical (unpaired) electrons. The van der Waals surface area contributed by atoms with Gasteiger partial charge in [0.2, 0.25) is 5.78 Å². The van der Waals surface area contributed by atoms with Gasteiger partial charge in [-0.25, -0.2) is 0 Å². The Labute approximate surface area is 144 Å². The van der Waals surface area contributed by atoms with Crippen LogP contribution in [0.4, 0.5) is 0 Å². The largest absolute Gasteiger partial charge is 0.504 e. The van der Waals surface area contributed by atoms with Gasteiger partial charge in [0.15, 0.2) is 17.3 Å². The Kier molecular flexibility index (Phi) is 6.47. The molecule has 4 heteroatoms. The van der Waals surface area contributed by atoms with E-state index in [1.807, 2.05) is 53.7 Å². The lowest BCUT2D eigenvalue weighted by Gasteiger charge is -2.23. The molecule has 0 aliphatic heterocycles. The first-order valence-corrected chi connectivity index (χ1v) is 8.35. The molecule has 0 bridgehead atoms. The minimum Gasteiger partial charge on any atom is -0.504 e. The van der Waals surface area contributed by atoms with Crippen LogP contribution in [0.15, 0.2) is 34.6 Å². The molecule has 1 aliphatic carbocycles. The summed E-state index contributed by atoms with van der Waals surface area (Å²) in [5.41, 5.74) is 0.265. The molecule has 0 spiro atoms. The Morgan fingerprint density at radius 3 is 1.83 bits per heavy atom. The molecular formula is C20H28O4. The molecule has 0 saturated heterocycles. The van der Waals surface area contributed by atoms with E-state index in [4.69, 9.17) is 0 Å². The molecule has 0 aromatic carbocycles. The minimum absolute atomic E-state index is 0.0475. The normalized spacial score (nSPS) is 16.6. The number of ketones is 3. The lowest BCUT2D eigenvalue weighted by molar-refractivity contribution is -0.135. The van der Waals surface area contributed by atoms with Crippen LogP contribution >= 0.6 is 0 Å². The fraction of sp³-hybridized carbons (Fsp3) is 0.550. The van der Waals surface area contributed by atoms with Crippen LogP contribution in [0, 0.1) is 11.3 Å². The summed E-state index contributed by atoms with van der Waals surface area (Å²) in [6.07, 6.45) is 4.16. The van der Waals surface area contributed by atoms with E-state index in [0.717, 1.165) is 11.1 Å². The van der Waals surface area contributed by atoms with Gasteiger partial charge in [0.1, 0.15) is 11.0 Å². The first kappa shape index (κ1) is 20.1. The minimum atomic E-state index is -1.39. The second kappa shape index (κ2) is 7.73. The highest BCUT2D eigenvalue weighted by Gasteiger charge is 2.55. The van der Waals surface area contributed by atoms with Gasteiger partial charge in [0, 0.05) is 6.42 Å². The molecule has 0 amide bonds. The number of carbonyl (C=O) groups excluding carboxylic acids is 3. The van der Waals surface area contributed by atoms with Crippen LogP contribution in [0.2, 0.25) is 0 Å². The van der Waals surface area contributed by atoms with Gasteiger partial charge in [0.05, 0.1) is 0 Å². The highest BCUT2D eigenvalue weighted by Crippen LogP contribution is 2.42. The smallest absolute Gasteiger partial charge is 0.212 e. The second-order valence-electron chi connectivity index (χ2n) is 7.46. The van der Waals surface area contributed by atoms with Crippen LogP contribution in [0.1, 0.15) is 60.8 Å². The maximum Gasteiger partial charge on any atom is 0.212 e. The molecule has 0 saturated carbocycles. The van der Waals surface area contributed by atoms with Gasteiger partial charge in [-0.15, -0.1) is 0 Å². The molecule has 0 fully saturated rings. The van der Waals surface area contributed by atoms with E-state index in [0.29, 0.717) is 0 Å². The summed E-state index contributed by atoms with van der Waals surface area (Å²) in [6, 6.07) is 0. The summed E-state index contributed by atoms with van der Waals surface area (Å²) in [7, 11) is 0. The van der Waals surface area contributed by atoms with Crippen molar-refractivity contribution >= 4 is 17.3 Å². The molecular weight excluding hydrogens is 304 g/mol. The Balaban J connectivity index is 3.35. The number of carbonyl (C=O) groups is 3. The summed E-state index contributed by atoms with van der Waals surface area (Å²) in [5, 5.41) is 10.2. The number of aliphatic hydroxyl groups excluding tert-OH is 1. The van der Waals surface area contributed by atoms with E-state index in [2.05, 4.69) is 0 Å². The van der Waals surface area contributed by atoms with E-state index in [9.17, 15) is 19.5 Å². The van der Waals surface area contributed by atoms with Crippen molar-refractivity contribution in [2.24, 2.45) is 11.3 Å². The number of hydrogen-bond acceptors (Lipinski definition) is 4. The van der Waals surface area contributed by atoms with E-state index in [1.54, 1.807) is 0 Å². The third-order valence-electron chi connectivity index (χ3n) is 4.14. The van der Waals surface area contributed by atoms with Crippen molar-refractivity contribution in [2.45, 2.75) is 60.8 Å². The lowest BCUT2D eigenvalue weighted by atomic mass is 9.74. The monoisotopic (exact) mass is 332 g/mol. The van der Waals surface area contributed by atoms with Crippen LogP contribution in [0.3, 0.4) is 0 Å². The van der Waals surface area contributed by atoms with Crippen LogP contribution in [-0.2, 0) is 14.4 Å². The van der Waals surface area contributed by atoms with Gasteiger partial charge in [-0.1, -0.05) is 37.1 Å². The SMILES string of the molecule is CC(C)=CCC1(CC=C(C)C)C(=O)C(O)=C(C(=O)CC(C)C)C1=O. The predicted octanol–water partition coefficient (Wildman–Crippen LogP) is 4.26. The number of rotatable bonds is 7. The van der Waals surface area contributed by atoms with Gasteiger partial charge in [0.25, 0.3) is 0 Å². The maximum atomic E-state index is 13.0. The highest BCUT2D eigenvalue weighted by molar-refractivity contribution is 6.37. The number of aliphatic hydroxyl groups is 1. The van der Waals surface area contributed by atoms with E-state index < -0.39 is 28.5 Å². The average molecular weight is 332 g/mol. The van der Waals surface area contributed by atoms with Crippen LogP contribution in [-0.4, -0.2) is 22.5 Å². The molecule has 0 aromatic heterocycles. The fourth-order valence-electron chi connectivity index (χ4n) is 2.73. The molecule has 132 valence electrons. The maximum absolute atomic E-state index is 13.0. The van der Waals surface area contributed by atoms with Gasteiger partial charge in [-0.2, -0.15) is 0 Å².